The first kappa shape index (κ1) is 17.0. The second-order valence-electron chi connectivity index (χ2n) is 6.29. The van der Waals surface area contributed by atoms with Crippen molar-refractivity contribution in [2.75, 3.05) is 13.2 Å². The summed E-state index contributed by atoms with van der Waals surface area (Å²) in [6.07, 6.45) is 0.755. The van der Waals surface area contributed by atoms with E-state index in [2.05, 4.69) is 39.1 Å². The first-order chi connectivity index (χ1) is 9.40. The molecule has 1 rings (SSSR count). The number of para-hydroxylation sites is 1. The van der Waals surface area contributed by atoms with Gasteiger partial charge in [0.25, 0.3) is 0 Å². The lowest BCUT2D eigenvalue weighted by Crippen LogP contribution is -2.42. The van der Waals surface area contributed by atoms with Gasteiger partial charge in [-0.3, -0.25) is 0 Å². The molecule has 0 radical (unpaired) electrons. The van der Waals surface area contributed by atoms with Gasteiger partial charge >= 0.3 is 0 Å². The van der Waals surface area contributed by atoms with Gasteiger partial charge in [0.2, 0.25) is 0 Å². The Morgan fingerprint density at radius 3 is 2.45 bits per heavy atom. The second kappa shape index (κ2) is 7.65. The highest BCUT2D eigenvalue weighted by molar-refractivity contribution is 5.35. The number of benzene rings is 1. The maximum absolute atomic E-state index is 9.26. The number of nitrogens with one attached hydrogen (secondary N) is 1. The van der Waals surface area contributed by atoms with E-state index in [1.807, 2.05) is 25.1 Å². The van der Waals surface area contributed by atoms with Crippen molar-refractivity contribution in [3.8, 4) is 5.75 Å². The molecular formula is C17H29NO2. The minimum atomic E-state index is 0.109. The molecule has 0 saturated heterocycles. The lowest BCUT2D eigenvalue weighted by Gasteiger charge is -2.34. The molecule has 0 aliphatic carbocycles. The van der Waals surface area contributed by atoms with Gasteiger partial charge in [-0.2, -0.15) is 0 Å². The number of hydrogen-bond donors (Lipinski definition) is 2. The van der Waals surface area contributed by atoms with E-state index in [0.717, 1.165) is 12.2 Å². The summed E-state index contributed by atoms with van der Waals surface area (Å²) in [5, 5.41) is 12.9. The minimum Gasteiger partial charge on any atom is -0.494 e. The predicted molar refractivity (Wildman–Crippen MR) is 84.1 cm³/mol. The van der Waals surface area contributed by atoms with E-state index in [4.69, 9.17) is 4.74 Å². The van der Waals surface area contributed by atoms with Gasteiger partial charge in [0, 0.05) is 24.3 Å². The third kappa shape index (κ3) is 4.80. The Morgan fingerprint density at radius 2 is 1.90 bits per heavy atom. The van der Waals surface area contributed by atoms with Crippen molar-refractivity contribution in [2.45, 2.75) is 53.1 Å². The summed E-state index contributed by atoms with van der Waals surface area (Å²) in [6, 6.07) is 8.59. The van der Waals surface area contributed by atoms with Crippen LogP contribution < -0.4 is 10.1 Å². The molecule has 3 nitrogen and oxygen atoms in total. The van der Waals surface area contributed by atoms with Gasteiger partial charge < -0.3 is 15.2 Å². The van der Waals surface area contributed by atoms with Gasteiger partial charge in [0.15, 0.2) is 0 Å². The van der Waals surface area contributed by atoms with Crippen LogP contribution in [0.2, 0.25) is 0 Å². The summed E-state index contributed by atoms with van der Waals surface area (Å²) >= 11 is 0. The van der Waals surface area contributed by atoms with E-state index in [0.29, 0.717) is 6.61 Å². The maximum atomic E-state index is 9.26. The molecule has 2 N–H and O–H groups in total. The summed E-state index contributed by atoms with van der Waals surface area (Å²) in [7, 11) is 0. The second-order valence-corrected chi connectivity index (χ2v) is 6.29. The Bertz CT molecular complexity index is 398. The van der Waals surface area contributed by atoms with Crippen LogP contribution in [0.5, 0.6) is 5.75 Å². The molecule has 0 amide bonds. The van der Waals surface area contributed by atoms with Crippen molar-refractivity contribution < 1.29 is 9.84 Å². The molecule has 114 valence electrons. The highest BCUT2D eigenvalue weighted by Gasteiger charge is 2.26. The standard InChI is InChI=1S/C17H29NO2/c1-6-20-15-10-8-7-9-14(15)13(2)18-16(11-12-19)17(3,4)5/h7-10,13,16,18-19H,6,11-12H2,1-5H3. The molecular weight excluding hydrogens is 250 g/mol. The van der Waals surface area contributed by atoms with Crippen LogP contribution in [0.3, 0.4) is 0 Å². The van der Waals surface area contributed by atoms with Gasteiger partial charge in [-0.1, -0.05) is 39.0 Å². The normalized spacial score (nSPS) is 14.9. The average molecular weight is 279 g/mol. The summed E-state index contributed by atoms with van der Waals surface area (Å²) in [5.74, 6) is 0.937. The van der Waals surface area contributed by atoms with Gasteiger partial charge in [0.05, 0.1) is 6.61 Å². The fourth-order valence-corrected chi connectivity index (χ4v) is 2.41. The van der Waals surface area contributed by atoms with Crippen molar-refractivity contribution in [3.63, 3.8) is 0 Å². The van der Waals surface area contributed by atoms with Gasteiger partial charge in [-0.25, -0.2) is 0 Å². The largest absolute Gasteiger partial charge is 0.494 e. The lowest BCUT2D eigenvalue weighted by molar-refractivity contribution is 0.187. The molecule has 1 aromatic rings. The quantitative estimate of drug-likeness (QED) is 0.802. The highest BCUT2D eigenvalue weighted by atomic mass is 16.5. The van der Waals surface area contributed by atoms with Crippen molar-refractivity contribution >= 4 is 0 Å². The number of hydrogen-bond acceptors (Lipinski definition) is 3. The number of aliphatic hydroxyl groups is 1. The first-order valence-corrected chi connectivity index (χ1v) is 7.48. The molecule has 0 aliphatic rings. The van der Waals surface area contributed by atoms with Crippen molar-refractivity contribution in [2.24, 2.45) is 5.41 Å². The van der Waals surface area contributed by atoms with Crippen LogP contribution in [0.15, 0.2) is 24.3 Å². The fourth-order valence-electron chi connectivity index (χ4n) is 2.41. The van der Waals surface area contributed by atoms with Crippen LogP contribution >= 0.6 is 0 Å². The first-order valence-electron chi connectivity index (χ1n) is 7.48. The van der Waals surface area contributed by atoms with Gasteiger partial charge in [0.1, 0.15) is 5.75 Å². The zero-order valence-electron chi connectivity index (χ0n) is 13.4. The number of rotatable bonds is 7. The SMILES string of the molecule is CCOc1ccccc1C(C)NC(CCO)C(C)(C)C. The number of ether oxygens (including phenoxy) is 1. The van der Waals surface area contributed by atoms with Crippen molar-refractivity contribution in [1.82, 2.24) is 5.32 Å². The molecule has 1 aromatic carbocycles. The van der Waals surface area contributed by atoms with E-state index in [9.17, 15) is 5.11 Å². The van der Waals surface area contributed by atoms with Crippen LogP contribution in [0.4, 0.5) is 0 Å². The Labute approximate surface area is 123 Å². The summed E-state index contributed by atoms with van der Waals surface area (Å²) in [6.45, 7) is 11.6. The molecule has 2 atom stereocenters. The molecule has 2 unspecified atom stereocenters. The molecule has 0 aliphatic heterocycles. The molecule has 0 heterocycles. The fraction of sp³-hybridized carbons (Fsp3) is 0.647. The van der Waals surface area contributed by atoms with Crippen molar-refractivity contribution in [1.29, 1.82) is 0 Å². The molecule has 0 spiro atoms. The topological polar surface area (TPSA) is 41.5 Å². The molecule has 0 aromatic heterocycles. The monoisotopic (exact) mass is 279 g/mol. The Balaban J connectivity index is 2.86. The van der Waals surface area contributed by atoms with E-state index < -0.39 is 0 Å². The zero-order chi connectivity index (χ0) is 15.2. The summed E-state index contributed by atoms with van der Waals surface area (Å²) < 4.78 is 5.70. The lowest BCUT2D eigenvalue weighted by atomic mass is 9.84. The van der Waals surface area contributed by atoms with E-state index in [1.165, 1.54) is 5.56 Å². The van der Waals surface area contributed by atoms with Crippen LogP contribution in [0.1, 0.15) is 52.6 Å². The Kier molecular flexibility index (Phi) is 6.50. The van der Waals surface area contributed by atoms with E-state index >= 15 is 0 Å². The third-order valence-corrected chi connectivity index (χ3v) is 3.60. The Hall–Kier alpha value is -1.06. The smallest absolute Gasteiger partial charge is 0.124 e. The molecule has 0 fully saturated rings. The summed E-state index contributed by atoms with van der Waals surface area (Å²) in [5.41, 5.74) is 1.28. The summed E-state index contributed by atoms with van der Waals surface area (Å²) in [4.78, 5) is 0. The van der Waals surface area contributed by atoms with E-state index in [-0.39, 0.29) is 24.1 Å². The zero-order valence-corrected chi connectivity index (χ0v) is 13.4. The number of aliphatic hydroxyl groups excluding tert-OH is 1. The van der Waals surface area contributed by atoms with Crippen LogP contribution in [0.25, 0.3) is 0 Å². The van der Waals surface area contributed by atoms with Crippen LogP contribution in [-0.4, -0.2) is 24.4 Å². The highest BCUT2D eigenvalue weighted by Crippen LogP contribution is 2.29. The molecule has 20 heavy (non-hydrogen) atoms. The third-order valence-electron chi connectivity index (χ3n) is 3.60. The molecule has 0 bridgehead atoms. The average Bonchev–Trinajstić information content (AvgIpc) is 2.38. The van der Waals surface area contributed by atoms with Crippen LogP contribution in [-0.2, 0) is 0 Å². The molecule has 0 saturated carbocycles. The predicted octanol–water partition coefficient (Wildman–Crippen LogP) is 3.53. The van der Waals surface area contributed by atoms with E-state index in [1.54, 1.807) is 0 Å². The Morgan fingerprint density at radius 1 is 1.25 bits per heavy atom. The van der Waals surface area contributed by atoms with Gasteiger partial charge in [-0.15, -0.1) is 0 Å². The van der Waals surface area contributed by atoms with Gasteiger partial charge in [-0.05, 0) is 31.7 Å². The maximum Gasteiger partial charge on any atom is 0.124 e. The molecule has 3 heteroatoms. The van der Waals surface area contributed by atoms with Crippen LogP contribution in [0, 0.1) is 5.41 Å². The van der Waals surface area contributed by atoms with Crippen molar-refractivity contribution in [3.05, 3.63) is 29.8 Å². The minimum absolute atomic E-state index is 0.109.